The maximum atomic E-state index is 12.1. The molecule has 7 atom stereocenters. The predicted octanol–water partition coefficient (Wildman–Crippen LogP) is 5.81. The van der Waals surface area contributed by atoms with Crippen molar-refractivity contribution < 1.29 is 4.79 Å². The third-order valence-electron chi connectivity index (χ3n) is 7.94. The number of allylic oxidation sites excluding steroid dienone is 3. The second kappa shape index (κ2) is 5.90. The molecule has 0 radical (unpaired) electrons. The highest BCUT2D eigenvalue weighted by molar-refractivity contribution is 5.78. The maximum Gasteiger partial charge on any atom is 0.132 e. The van der Waals surface area contributed by atoms with Gasteiger partial charge in [-0.15, -0.1) is 6.58 Å². The third kappa shape index (κ3) is 2.55. The van der Waals surface area contributed by atoms with Crippen LogP contribution in [-0.2, 0) is 4.79 Å². The molecule has 1 nitrogen and oxygen atoms in total. The summed E-state index contributed by atoms with van der Waals surface area (Å²) in [5.41, 5.74) is 0.583. The number of Topliss-reactive ketones (excluding diaryl/α,β-unsaturated/α-hetero) is 1. The van der Waals surface area contributed by atoms with Crippen LogP contribution in [0, 0.1) is 40.4 Å². The van der Waals surface area contributed by atoms with Crippen LogP contribution < -0.4 is 0 Å². The lowest BCUT2D eigenvalue weighted by atomic mass is 9.46. The number of carbonyl (C=O) groups excluding carboxylic acids is 1. The van der Waals surface area contributed by atoms with Gasteiger partial charge in [0.1, 0.15) is 5.78 Å². The summed E-state index contributed by atoms with van der Waals surface area (Å²) in [6.45, 7) is 13.2. The van der Waals surface area contributed by atoms with Crippen LogP contribution in [0.15, 0.2) is 24.8 Å². The number of hydrogen-bond acceptors (Lipinski definition) is 1. The minimum atomic E-state index is 0.227. The van der Waals surface area contributed by atoms with E-state index in [2.05, 4.69) is 45.6 Å². The molecular formula is C22H34O. The van der Waals surface area contributed by atoms with Crippen molar-refractivity contribution in [3.8, 4) is 0 Å². The Morgan fingerprint density at radius 2 is 2.09 bits per heavy atom. The second-order valence-electron chi connectivity index (χ2n) is 9.16. The van der Waals surface area contributed by atoms with Gasteiger partial charge in [-0.2, -0.15) is 0 Å². The smallest absolute Gasteiger partial charge is 0.132 e. The summed E-state index contributed by atoms with van der Waals surface area (Å²) < 4.78 is 0. The molecule has 0 heterocycles. The first-order valence-corrected chi connectivity index (χ1v) is 9.63. The molecule has 3 aliphatic carbocycles. The molecule has 1 heteroatoms. The van der Waals surface area contributed by atoms with Crippen molar-refractivity contribution in [2.24, 2.45) is 40.4 Å². The average molecular weight is 315 g/mol. The van der Waals surface area contributed by atoms with Gasteiger partial charge in [0.15, 0.2) is 0 Å². The molecule has 0 aromatic heterocycles. The number of ketones is 1. The lowest BCUT2D eigenvalue weighted by Crippen LogP contribution is -2.52. The van der Waals surface area contributed by atoms with E-state index in [4.69, 9.17) is 0 Å². The summed E-state index contributed by atoms with van der Waals surface area (Å²) in [7, 11) is 0. The Kier molecular flexibility index (Phi) is 4.36. The monoisotopic (exact) mass is 314 g/mol. The van der Waals surface area contributed by atoms with Crippen molar-refractivity contribution >= 4 is 5.78 Å². The van der Waals surface area contributed by atoms with Gasteiger partial charge in [0, 0.05) is 5.92 Å². The molecule has 0 saturated heterocycles. The molecule has 0 amide bonds. The number of carbonyl (C=O) groups is 1. The van der Waals surface area contributed by atoms with Crippen LogP contribution in [0.1, 0.15) is 66.2 Å². The molecule has 0 N–H and O–H groups in total. The van der Waals surface area contributed by atoms with E-state index in [9.17, 15) is 4.79 Å². The van der Waals surface area contributed by atoms with Gasteiger partial charge in [-0.25, -0.2) is 0 Å². The topological polar surface area (TPSA) is 17.1 Å². The fourth-order valence-electron chi connectivity index (χ4n) is 6.66. The van der Waals surface area contributed by atoms with E-state index in [1.807, 2.05) is 0 Å². The van der Waals surface area contributed by atoms with Crippen LogP contribution in [-0.4, -0.2) is 5.78 Å². The van der Waals surface area contributed by atoms with Crippen molar-refractivity contribution in [3.63, 3.8) is 0 Å². The molecule has 3 rings (SSSR count). The molecule has 23 heavy (non-hydrogen) atoms. The second-order valence-corrected chi connectivity index (χ2v) is 9.16. The fraction of sp³-hybridized carbons (Fsp3) is 0.773. The molecule has 3 aliphatic rings. The van der Waals surface area contributed by atoms with Gasteiger partial charge in [-0.1, -0.05) is 39.0 Å². The van der Waals surface area contributed by atoms with Crippen LogP contribution in [0.4, 0.5) is 0 Å². The lowest BCUT2D eigenvalue weighted by Gasteiger charge is -2.59. The van der Waals surface area contributed by atoms with E-state index in [0.29, 0.717) is 23.0 Å². The number of rotatable bonds is 4. The summed E-state index contributed by atoms with van der Waals surface area (Å²) in [5, 5.41) is 0. The lowest BCUT2D eigenvalue weighted by molar-refractivity contribution is -0.120. The zero-order valence-electron chi connectivity index (χ0n) is 15.5. The van der Waals surface area contributed by atoms with Crippen LogP contribution >= 0.6 is 0 Å². The molecule has 0 aromatic rings. The molecule has 0 spiro atoms. The summed E-state index contributed by atoms with van der Waals surface area (Å²) >= 11 is 0. The van der Waals surface area contributed by atoms with Gasteiger partial charge >= 0.3 is 0 Å². The Morgan fingerprint density at radius 1 is 1.35 bits per heavy atom. The first kappa shape index (κ1) is 17.0. The molecular weight excluding hydrogens is 280 g/mol. The van der Waals surface area contributed by atoms with Gasteiger partial charge in [0.2, 0.25) is 0 Å². The molecule has 128 valence electrons. The van der Waals surface area contributed by atoms with Crippen LogP contribution in [0.3, 0.4) is 0 Å². The first-order chi connectivity index (χ1) is 10.8. The van der Waals surface area contributed by atoms with Crippen molar-refractivity contribution in [1.82, 2.24) is 0 Å². The highest BCUT2D eigenvalue weighted by Crippen LogP contribution is 2.66. The number of fused-ring (bicyclic) bond motifs is 3. The van der Waals surface area contributed by atoms with Gasteiger partial charge in [0.05, 0.1) is 0 Å². The zero-order valence-corrected chi connectivity index (χ0v) is 15.5. The maximum absolute atomic E-state index is 12.1. The Hall–Kier alpha value is -0.850. The molecule has 2 fully saturated rings. The van der Waals surface area contributed by atoms with Gasteiger partial charge in [-0.05, 0) is 80.0 Å². The van der Waals surface area contributed by atoms with Gasteiger partial charge in [-0.3, -0.25) is 4.79 Å². The van der Waals surface area contributed by atoms with E-state index < -0.39 is 0 Å². The van der Waals surface area contributed by atoms with Crippen LogP contribution in [0.25, 0.3) is 0 Å². The van der Waals surface area contributed by atoms with Crippen molar-refractivity contribution in [3.05, 3.63) is 24.8 Å². The van der Waals surface area contributed by atoms with E-state index in [1.54, 1.807) is 6.92 Å². The molecule has 0 aliphatic heterocycles. The van der Waals surface area contributed by atoms with Crippen molar-refractivity contribution in [1.29, 1.82) is 0 Å². The first-order valence-electron chi connectivity index (χ1n) is 9.63. The summed E-state index contributed by atoms with van der Waals surface area (Å²) in [5.74, 6) is 3.61. The molecule has 2 saturated carbocycles. The molecule has 0 bridgehead atoms. The Morgan fingerprint density at radius 3 is 2.74 bits per heavy atom. The van der Waals surface area contributed by atoms with Crippen molar-refractivity contribution in [2.45, 2.75) is 66.2 Å². The SMILES string of the molecule is C=CCC[C@@H]1[C@@H](C)CC[C@@H]2C=C[C@@]3(C)CC(C(C)=O)C[C@H]3[C@@]12C. The third-order valence-corrected chi connectivity index (χ3v) is 7.94. The largest absolute Gasteiger partial charge is 0.300 e. The van der Waals surface area contributed by atoms with E-state index in [1.165, 1.54) is 19.3 Å². The fourth-order valence-corrected chi connectivity index (χ4v) is 6.66. The van der Waals surface area contributed by atoms with E-state index in [0.717, 1.165) is 31.1 Å². The quantitative estimate of drug-likeness (QED) is 0.598. The molecule has 1 unspecified atom stereocenters. The summed E-state index contributed by atoms with van der Waals surface area (Å²) in [6.07, 6.45) is 14.4. The highest BCUT2D eigenvalue weighted by atomic mass is 16.1. The van der Waals surface area contributed by atoms with E-state index in [-0.39, 0.29) is 11.3 Å². The summed E-state index contributed by atoms with van der Waals surface area (Å²) in [6, 6.07) is 0. The van der Waals surface area contributed by atoms with Crippen LogP contribution in [0.2, 0.25) is 0 Å². The Labute approximate surface area is 142 Å². The summed E-state index contributed by atoms with van der Waals surface area (Å²) in [4.78, 5) is 12.1. The number of hydrogen-bond donors (Lipinski definition) is 0. The highest BCUT2D eigenvalue weighted by Gasteiger charge is 2.60. The van der Waals surface area contributed by atoms with Crippen LogP contribution in [0.5, 0.6) is 0 Å². The zero-order chi connectivity index (χ0) is 16.8. The minimum absolute atomic E-state index is 0.227. The Balaban J connectivity index is 1.99. The van der Waals surface area contributed by atoms with Crippen molar-refractivity contribution in [2.75, 3.05) is 0 Å². The Bertz CT molecular complexity index is 518. The predicted molar refractivity (Wildman–Crippen MR) is 97.1 cm³/mol. The van der Waals surface area contributed by atoms with Gasteiger partial charge < -0.3 is 0 Å². The molecule has 0 aromatic carbocycles. The average Bonchev–Trinajstić information content (AvgIpc) is 2.86. The van der Waals surface area contributed by atoms with E-state index >= 15 is 0 Å². The standard InChI is InChI=1S/C22H34O/c1-6-7-8-19-15(2)9-10-18-11-12-21(4)14-17(16(3)23)13-20(21)22(18,19)5/h6,11-12,15,17-20H,1,7-10,13-14H2,2-5H3/t15-,17?,18+,19+,20+,21-,22+/m0/s1. The normalized spacial score (nSPS) is 48.6. The van der Waals surface area contributed by atoms with Gasteiger partial charge in [0.25, 0.3) is 0 Å². The minimum Gasteiger partial charge on any atom is -0.300 e.